The zero-order chi connectivity index (χ0) is 9.97. The topological polar surface area (TPSA) is 51.6 Å². The molecule has 2 aromatic heterocycles. The number of rotatable bonds is 1. The van der Waals surface area contributed by atoms with Crippen molar-refractivity contribution in [2.24, 2.45) is 0 Å². The number of hydrogen-bond donors (Lipinski definition) is 0. The minimum Gasteiger partial charge on any atom is -0.253 e. The molecule has 0 aliphatic carbocycles. The van der Waals surface area contributed by atoms with E-state index in [9.17, 15) is 0 Å². The lowest BCUT2D eigenvalue weighted by Crippen LogP contribution is -1.99. The summed E-state index contributed by atoms with van der Waals surface area (Å²) in [4.78, 5) is 16.7. The van der Waals surface area contributed by atoms with E-state index >= 15 is 0 Å². The summed E-state index contributed by atoms with van der Waals surface area (Å²) in [5, 5.41) is 0. The Morgan fingerprint density at radius 2 is 1.64 bits per heavy atom. The van der Waals surface area contributed by atoms with Crippen LogP contribution in [0.1, 0.15) is 0 Å². The molecule has 0 saturated heterocycles. The molecule has 0 bridgehead atoms. The summed E-state index contributed by atoms with van der Waals surface area (Å²) < 4.78 is 1.37. The van der Waals surface area contributed by atoms with Crippen molar-refractivity contribution in [2.75, 3.05) is 0 Å². The predicted octanol–water partition coefficient (Wildman–Crippen LogP) is 2.14. The molecular formula is C8H4I2N4. The van der Waals surface area contributed by atoms with Gasteiger partial charge in [-0.2, -0.15) is 4.98 Å². The van der Waals surface area contributed by atoms with E-state index in [0.29, 0.717) is 13.5 Å². The highest BCUT2D eigenvalue weighted by molar-refractivity contribution is 14.1. The van der Waals surface area contributed by atoms with Crippen LogP contribution in [-0.4, -0.2) is 19.9 Å². The molecule has 0 N–H and O–H groups in total. The summed E-state index contributed by atoms with van der Waals surface area (Å²) in [5.74, 6) is 0.620. The molecule has 0 radical (unpaired) electrons. The number of halogens is 2. The van der Waals surface area contributed by atoms with Crippen LogP contribution in [-0.2, 0) is 0 Å². The molecule has 0 unspecified atom stereocenters. The second-order valence-corrected chi connectivity index (χ2v) is 4.34. The molecule has 0 aliphatic heterocycles. The summed E-state index contributed by atoms with van der Waals surface area (Å²) in [7, 11) is 0. The minimum atomic E-state index is 0.620. The minimum absolute atomic E-state index is 0.620. The average molecular weight is 410 g/mol. The monoisotopic (exact) mass is 410 g/mol. The Hall–Kier alpha value is -0.380. The van der Waals surface area contributed by atoms with Crippen molar-refractivity contribution in [2.45, 2.75) is 0 Å². The molecule has 0 atom stereocenters. The third kappa shape index (κ3) is 2.35. The van der Waals surface area contributed by atoms with Crippen molar-refractivity contribution in [3.8, 4) is 11.5 Å². The molecule has 2 rings (SSSR count). The Bertz CT molecular complexity index is 426. The molecule has 0 amide bonds. The summed E-state index contributed by atoms with van der Waals surface area (Å²) in [6.45, 7) is 0. The third-order valence-corrected chi connectivity index (χ3v) is 2.44. The van der Waals surface area contributed by atoms with E-state index in [1.807, 2.05) is 18.2 Å². The van der Waals surface area contributed by atoms with Gasteiger partial charge in [0.2, 0.25) is 0 Å². The fourth-order valence-corrected chi connectivity index (χ4v) is 2.31. The van der Waals surface area contributed by atoms with Crippen LogP contribution >= 0.6 is 45.2 Å². The van der Waals surface area contributed by atoms with Crippen LogP contribution in [0.5, 0.6) is 0 Å². The van der Waals surface area contributed by atoms with Gasteiger partial charge in [-0.1, -0.05) is 6.07 Å². The van der Waals surface area contributed by atoms with Gasteiger partial charge in [0.1, 0.15) is 5.69 Å². The van der Waals surface area contributed by atoms with Gasteiger partial charge in [-0.25, -0.2) is 9.97 Å². The van der Waals surface area contributed by atoms with Crippen LogP contribution in [0, 0.1) is 7.66 Å². The average Bonchev–Trinajstić information content (AvgIpc) is 2.18. The first kappa shape index (κ1) is 10.1. The van der Waals surface area contributed by atoms with E-state index in [0.717, 1.165) is 5.69 Å². The van der Waals surface area contributed by atoms with Crippen molar-refractivity contribution in [3.05, 3.63) is 32.1 Å². The number of hydrogen-bond acceptors (Lipinski definition) is 4. The van der Waals surface area contributed by atoms with Crippen LogP contribution in [0.3, 0.4) is 0 Å². The molecule has 14 heavy (non-hydrogen) atoms. The zero-order valence-electron chi connectivity index (χ0n) is 6.85. The molecule has 0 aromatic carbocycles. The Morgan fingerprint density at radius 3 is 2.21 bits per heavy atom. The molecular weight excluding hydrogens is 406 g/mol. The van der Waals surface area contributed by atoms with Gasteiger partial charge in [-0.3, -0.25) is 4.98 Å². The third-order valence-electron chi connectivity index (χ3n) is 1.47. The van der Waals surface area contributed by atoms with Gasteiger partial charge < -0.3 is 0 Å². The maximum atomic E-state index is 4.20. The highest BCUT2D eigenvalue weighted by Crippen LogP contribution is 2.12. The predicted molar refractivity (Wildman–Crippen MR) is 68.5 cm³/mol. The maximum Gasteiger partial charge on any atom is 0.195 e. The molecule has 0 fully saturated rings. The van der Waals surface area contributed by atoms with E-state index in [1.54, 1.807) is 6.20 Å². The van der Waals surface area contributed by atoms with Crippen LogP contribution in [0.15, 0.2) is 24.4 Å². The number of nitrogens with zero attached hydrogens (tertiary/aromatic N) is 4. The van der Waals surface area contributed by atoms with Crippen LogP contribution in [0.2, 0.25) is 0 Å². The van der Waals surface area contributed by atoms with E-state index in [4.69, 9.17) is 0 Å². The number of pyridine rings is 1. The SMILES string of the molecule is Ic1nc(I)nc(-c2ccccn2)n1. The Morgan fingerprint density at radius 1 is 0.929 bits per heavy atom. The summed E-state index contributed by atoms with van der Waals surface area (Å²) >= 11 is 4.13. The first-order chi connectivity index (χ1) is 6.75. The fourth-order valence-electron chi connectivity index (χ4n) is 0.935. The largest absolute Gasteiger partial charge is 0.253 e. The summed E-state index contributed by atoms with van der Waals surface area (Å²) in [5.41, 5.74) is 0.769. The van der Waals surface area contributed by atoms with Gasteiger partial charge in [0.05, 0.1) is 0 Å². The van der Waals surface area contributed by atoms with Gasteiger partial charge >= 0.3 is 0 Å². The normalized spacial score (nSPS) is 10.1. The summed E-state index contributed by atoms with van der Waals surface area (Å²) in [6.07, 6.45) is 1.72. The van der Waals surface area contributed by atoms with Crippen molar-refractivity contribution in [3.63, 3.8) is 0 Å². The lowest BCUT2D eigenvalue weighted by molar-refractivity contribution is 0.968. The van der Waals surface area contributed by atoms with Gasteiger partial charge in [0.25, 0.3) is 0 Å². The molecule has 0 saturated carbocycles. The highest BCUT2D eigenvalue weighted by Gasteiger charge is 2.05. The fraction of sp³-hybridized carbons (Fsp3) is 0. The quantitative estimate of drug-likeness (QED) is 0.677. The zero-order valence-corrected chi connectivity index (χ0v) is 11.2. The van der Waals surface area contributed by atoms with Gasteiger partial charge in [0.15, 0.2) is 13.5 Å². The molecule has 2 heterocycles. The molecule has 0 aliphatic rings. The second kappa shape index (κ2) is 4.43. The van der Waals surface area contributed by atoms with Crippen LogP contribution < -0.4 is 0 Å². The lowest BCUT2D eigenvalue weighted by atomic mass is 10.3. The Kier molecular flexibility index (Phi) is 3.21. The van der Waals surface area contributed by atoms with Crippen LogP contribution in [0.25, 0.3) is 11.5 Å². The van der Waals surface area contributed by atoms with Crippen molar-refractivity contribution in [1.29, 1.82) is 0 Å². The Balaban J connectivity index is 2.52. The molecule has 4 nitrogen and oxygen atoms in total. The Labute approximate surface area is 108 Å². The van der Waals surface area contributed by atoms with E-state index in [-0.39, 0.29) is 0 Å². The maximum absolute atomic E-state index is 4.20. The van der Waals surface area contributed by atoms with Crippen molar-refractivity contribution in [1.82, 2.24) is 19.9 Å². The van der Waals surface area contributed by atoms with Gasteiger partial charge in [0, 0.05) is 51.4 Å². The first-order valence-corrected chi connectivity index (χ1v) is 5.90. The standard InChI is InChI=1S/C8H4I2N4/c9-7-12-6(13-8(10)14-7)5-3-1-2-4-11-5/h1-4H. The van der Waals surface area contributed by atoms with Crippen molar-refractivity contribution < 1.29 is 0 Å². The lowest BCUT2D eigenvalue weighted by Gasteiger charge is -1.98. The smallest absolute Gasteiger partial charge is 0.195 e. The molecule has 0 spiro atoms. The molecule has 70 valence electrons. The van der Waals surface area contributed by atoms with Gasteiger partial charge in [-0.15, -0.1) is 0 Å². The van der Waals surface area contributed by atoms with E-state index in [1.165, 1.54) is 0 Å². The molecule has 6 heteroatoms. The second-order valence-electron chi connectivity index (χ2n) is 2.41. The van der Waals surface area contributed by atoms with Gasteiger partial charge in [-0.05, 0) is 12.1 Å². The van der Waals surface area contributed by atoms with Crippen molar-refractivity contribution >= 4 is 45.2 Å². The number of aromatic nitrogens is 4. The first-order valence-electron chi connectivity index (χ1n) is 3.74. The van der Waals surface area contributed by atoms with E-state index < -0.39 is 0 Å². The highest BCUT2D eigenvalue weighted by atomic mass is 127. The van der Waals surface area contributed by atoms with E-state index in [2.05, 4.69) is 65.1 Å². The summed E-state index contributed by atoms with van der Waals surface area (Å²) in [6, 6.07) is 5.65. The van der Waals surface area contributed by atoms with Crippen LogP contribution in [0.4, 0.5) is 0 Å². The molecule has 2 aromatic rings.